The van der Waals surface area contributed by atoms with Crippen LogP contribution in [0.3, 0.4) is 0 Å². The number of halogens is 3. The van der Waals surface area contributed by atoms with Gasteiger partial charge in [-0.1, -0.05) is 6.07 Å². The summed E-state index contributed by atoms with van der Waals surface area (Å²) in [6.45, 7) is 2.20. The van der Waals surface area contributed by atoms with Crippen molar-refractivity contribution in [1.29, 1.82) is 0 Å². The molecule has 20 heavy (non-hydrogen) atoms. The minimum Gasteiger partial charge on any atom is -0.354 e. The van der Waals surface area contributed by atoms with Gasteiger partial charge in [-0.2, -0.15) is 13.2 Å². The summed E-state index contributed by atoms with van der Waals surface area (Å²) >= 11 is 1.06. The highest BCUT2D eigenvalue weighted by Gasteiger charge is 2.33. The molecule has 2 aromatic heterocycles. The lowest BCUT2D eigenvalue weighted by atomic mass is 10.4. The average molecular weight is 300 g/mol. The fraction of sp³-hybridized carbons (Fsp3) is 0.250. The first kappa shape index (κ1) is 14.6. The number of rotatable bonds is 4. The quantitative estimate of drug-likeness (QED) is 0.876. The number of alkyl halides is 3. The summed E-state index contributed by atoms with van der Waals surface area (Å²) < 4.78 is 38.4. The van der Waals surface area contributed by atoms with Gasteiger partial charge >= 0.3 is 6.18 Å². The van der Waals surface area contributed by atoms with Gasteiger partial charge in [0, 0.05) is 18.8 Å². The van der Waals surface area contributed by atoms with Crippen molar-refractivity contribution in [1.82, 2.24) is 15.0 Å². The molecule has 106 valence electrons. The van der Waals surface area contributed by atoms with Crippen molar-refractivity contribution in [3.63, 3.8) is 0 Å². The molecule has 0 aliphatic heterocycles. The Morgan fingerprint density at radius 2 is 2.00 bits per heavy atom. The van der Waals surface area contributed by atoms with E-state index in [4.69, 9.17) is 0 Å². The van der Waals surface area contributed by atoms with Crippen LogP contribution in [0.4, 0.5) is 19.1 Å². The van der Waals surface area contributed by atoms with Gasteiger partial charge in [-0.25, -0.2) is 15.0 Å². The van der Waals surface area contributed by atoms with Gasteiger partial charge in [-0.05, 0) is 30.8 Å². The maximum atomic E-state index is 12.8. The number of pyridine rings is 1. The molecule has 2 aromatic rings. The van der Waals surface area contributed by atoms with E-state index in [1.165, 1.54) is 0 Å². The van der Waals surface area contributed by atoms with Crippen LogP contribution < -0.4 is 5.32 Å². The second-order valence-electron chi connectivity index (χ2n) is 3.71. The first-order valence-electron chi connectivity index (χ1n) is 5.78. The maximum absolute atomic E-state index is 12.8. The van der Waals surface area contributed by atoms with Crippen molar-refractivity contribution in [2.75, 3.05) is 11.9 Å². The van der Waals surface area contributed by atoms with E-state index in [9.17, 15) is 13.2 Å². The highest BCUT2D eigenvalue weighted by atomic mass is 32.2. The molecular weight excluding hydrogens is 289 g/mol. The normalized spacial score (nSPS) is 11.4. The van der Waals surface area contributed by atoms with Crippen molar-refractivity contribution in [2.45, 2.75) is 23.2 Å². The lowest BCUT2D eigenvalue weighted by molar-refractivity contribution is -0.141. The highest BCUT2D eigenvalue weighted by Crippen LogP contribution is 2.32. The molecule has 0 unspecified atom stereocenters. The number of anilines is 1. The van der Waals surface area contributed by atoms with Gasteiger partial charge in [0.25, 0.3) is 0 Å². The molecule has 0 spiro atoms. The molecule has 0 radical (unpaired) electrons. The maximum Gasteiger partial charge on any atom is 0.433 e. The van der Waals surface area contributed by atoms with Crippen LogP contribution in [0.25, 0.3) is 0 Å². The van der Waals surface area contributed by atoms with Crippen LogP contribution >= 0.6 is 11.8 Å². The van der Waals surface area contributed by atoms with E-state index in [1.807, 2.05) is 0 Å². The highest BCUT2D eigenvalue weighted by molar-refractivity contribution is 7.99. The summed E-state index contributed by atoms with van der Waals surface area (Å²) in [5.41, 5.74) is -0.970. The zero-order valence-electron chi connectivity index (χ0n) is 10.5. The van der Waals surface area contributed by atoms with Crippen molar-refractivity contribution >= 4 is 17.7 Å². The topological polar surface area (TPSA) is 50.7 Å². The predicted molar refractivity (Wildman–Crippen MR) is 69.6 cm³/mol. The predicted octanol–water partition coefficient (Wildman–Crippen LogP) is 3.47. The molecule has 2 rings (SSSR count). The second kappa shape index (κ2) is 6.08. The Morgan fingerprint density at radius 3 is 2.60 bits per heavy atom. The zero-order chi connectivity index (χ0) is 14.6. The van der Waals surface area contributed by atoms with Crippen molar-refractivity contribution < 1.29 is 13.2 Å². The second-order valence-corrected chi connectivity index (χ2v) is 4.75. The fourth-order valence-corrected chi connectivity index (χ4v) is 2.15. The van der Waals surface area contributed by atoms with Crippen molar-refractivity contribution in [3.05, 3.63) is 36.2 Å². The van der Waals surface area contributed by atoms with Gasteiger partial charge in [-0.3, -0.25) is 0 Å². The van der Waals surface area contributed by atoms with Crippen LogP contribution in [0.1, 0.15) is 12.6 Å². The molecule has 4 nitrogen and oxygen atoms in total. The van der Waals surface area contributed by atoms with E-state index in [-0.39, 0.29) is 11.0 Å². The molecule has 0 aliphatic rings. The molecule has 0 amide bonds. The Balaban J connectivity index is 2.34. The van der Waals surface area contributed by atoms with Crippen LogP contribution in [0.2, 0.25) is 0 Å². The van der Waals surface area contributed by atoms with E-state index in [0.29, 0.717) is 11.6 Å². The molecule has 8 heteroatoms. The van der Waals surface area contributed by atoms with Gasteiger partial charge in [0.1, 0.15) is 10.1 Å². The monoisotopic (exact) mass is 300 g/mol. The number of hydrogen-bond acceptors (Lipinski definition) is 5. The summed E-state index contributed by atoms with van der Waals surface area (Å²) in [5, 5.41) is 3.46. The SMILES string of the molecule is CCNc1nc(Sc2ccccn2)cc(C(F)(F)F)n1. The van der Waals surface area contributed by atoms with Crippen LogP contribution in [0, 0.1) is 0 Å². The van der Waals surface area contributed by atoms with E-state index < -0.39 is 11.9 Å². The van der Waals surface area contributed by atoms with Gasteiger partial charge in [0.2, 0.25) is 5.95 Å². The third-order valence-corrected chi connectivity index (χ3v) is 3.04. The molecule has 0 atom stereocenters. The minimum absolute atomic E-state index is 0.0410. The van der Waals surface area contributed by atoms with Crippen LogP contribution in [0.5, 0.6) is 0 Å². The molecule has 0 bridgehead atoms. The standard InChI is InChI=1S/C12H11F3N4S/c1-2-16-11-18-8(12(13,14)15)7-10(19-11)20-9-5-3-4-6-17-9/h3-7H,2H2,1H3,(H,16,18,19). The largest absolute Gasteiger partial charge is 0.433 e. The Labute approximate surface area is 117 Å². The average Bonchev–Trinajstić information content (AvgIpc) is 2.39. The third-order valence-electron chi connectivity index (χ3n) is 2.17. The van der Waals surface area contributed by atoms with E-state index in [1.54, 1.807) is 31.3 Å². The van der Waals surface area contributed by atoms with Gasteiger partial charge in [-0.15, -0.1) is 0 Å². The fourth-order valence-electron chi connectivity index (χ4n) is 1.37. The Morgan fingerprint density at radius 1 is 1.20 bits per heavy atom. The van der Waals surface area contributed by atoms with Crippen LogP contribution in [-0.4, -0.2) is 21.5 Å². The summed E-state index contributed by atoms with van der Waals surface area (Å²) in [7, 11) is 0. The third kappa shape index (κ3) is 3.83. The number of nitrogens with zero attached hydrogens (tertiary/aromatic N) is 3. The molecule has 1 N–H and O–H groups in total. The molecule has 0 aromatic carbocycles. The minimum atomic E-state index is -4.51. The molecule has 0 fully saturated rings. The van der Waals surface area contributed by atoms with Gasteiger partial charge in [0.05, 0.1) is 0 Å². The van der Waals surface area contributed by atoms with Gasteiger partial charge in [0.15, 0.2) is 5.69 Å². The summed E-state index contributed by atoms with van der Waals surface area (Å²) in [6, 6.07) is 6.11. The Bertz CT molecular complexity index is 575. The van der Waals surface area contributed by atoms with E-state index in [2.05, 4.69) is 20.3 Å². The summed E-state index contributed by atoms with van der Waals surface area (Å²) in [5.74, 6) is -0.0410. The summed E-state index contributed by atoms with van der Waals surface area (Å²) in [6.07, 6.45) is -2.94. The smallest absolute Gasteiger partial charge is 0.354 e. The van der Waals surface area contributed by atoms with Crippen LogP contribution in [0.15, 0.2) is 40.5 Å². The molecular formula is C12H11F3N4S. The molecule has 0 saturated carbocycles. The van der Waals surface area contributed by atoms with Crippen molar-refractivity contribution in [2.24, 2.45) is 0 Å². The van der Waals surface area contributed by atoms with Gasteiger partial charge < -0.3 is 5.32 Å². The Kier molecular flexibility index (Phi) is 4.43. The first-order valence-corrected chi connectivity index (χ1v) is 6.59. The van der Waals surface area contributed by atoms with Crippen molar-refractivity contribution in [3.8, 4) is 0 Å². The van der Waals surface area contributed by atoms with E-state index in [0.717, 1.165) is 17.8 Å². The zero-order valence-corrected chi connectivity index (χ0v) is 11.3. The Hall–Kier alpha value is -1.83. The first-order chi connectivity index (χ1) is 9.49. The lowest BCUT2D eigenvalue weighted by Crippen LogP contribution is -2.12. The molecule has 2 heterocycles. The number of nitrogens with one attached hydrogen (secondary N) is 1. The number of hydrogen-bond donors (Lipinski definition) is 1. The van der Waals surface area contributed by atoms with Crippen LogP contribution in [-0.2, 0) is 6.18 Å². The summed E-state index contributed by atoms with van der Waals surface area (Å²) in [4.78, 5) is 11.5. The molecule has 0 aliphatic carbocycles. The lowest BCUT2D eigenvalue weighted by Gasteiger charge is -2.10. The van der Waals surface area contributed by atoms with E-state index >= 15 is 0 Å². The molecule has 0 saturated heterocycles. The number of aromatic nitrogens is 3.